The summed E-state index contributed by atoms with van der Waals surface area (Å²) in [7, 11) is 2.14. The number of nitrogens with zero attached hydrogens (tertiary/aromatic N) is 5. The fourth-order valence-electron chi connectivity index (χ4n) is 4.38. The minimum absolute atomic E-state index is 0.164. The highest BCUT2D eigenvalue weighted by Gasteiger charge is 2.29. The monoisotopic (exact) mass is 442 g/mol. The molecule has 1 aromatic carbocycles. The average Bonchev–Trinajstić information content (AvgIpc) is 3.24. The molecule has 0 spiro atoms. The van der Waals surface area contributed by atoms with E-state index in [0.717, 1.165) is 48.9 Å². The van der Waals surface area contributed by atoms with Crippen molar-refractivity contribution in [3.8, 4) is 0 Å². The molecule has 1 unspecified atom stereocenters. The minimum Gasteiger partial charge on any atom is -0.386 e. The average molecular weight is 443 g/mol. The second-order valence-electron chi connectivity index (χ2n) is 8.69. The lowest BCUT2D eigenvalue weighted by Crippen LogP contribution is -2.50. The van der Waals surface area contributed by atoms with Crippen molar-refractivity contribution in [2.24, 2.45) is 10.7 Å². The molecule has 1 fully saturated rings. The van der Waals surface area contributed by atoms with Crippen LogP contribution in [0.2, 0.25) is 5.02 Å². The molecule has 31 heavy (non-hydrogen) atoms. The summed E-state index contributed by atoms with van der Waals surface area (Å²) < 4.78 is 0. The van der Waals surface area contributed by atoms with Crippen LogP contribution in [0.3, 0.4) is 0 Å². The van der Waals surface area contributed by atoms with Crippen LogP contribution in [0.15, 0.2) is 23.2 Å². The van der Waals surface area contributed by atoms with Gasteiger partial charge in [0.05, 0.1) is 18.3 Å². The topological polar surface area (TPSA) is 110 Å². The highest BCUT2D eigenvalue weighted by atomic mass is 35.5. The molecule has 0 aliphatic carbocycles. The summed E-state index contributed by atoms with van der Waals surface area (Å²) in [5, 5.41) is 16.8. The van der Waals surface area contributed by atoms with Gasteiger partial charge < -0.3 is 16.0 Å². The van der Waals surface area contributed by atoms with Crippen molar-refractivity contribution in [1.29, 1.82) is 5.41 Å². The SMILES string of the molecule is Cc1ccc(Cl)c(CN2CCN=C(N)C2CC(=N)c2n[nH]c(C3CCN(C)CC3)n2)c1. The maximum absolute atomic E-state index is 8.64. The van der Waals surface area contributed by atoms with Crippen molar-refractivity contribution < 1.29 is 0 Å². The zero-order chi connectivity index (χ0) is 22.0. The Morgan fingerprint density at radius 1 is 1.29 bits per heavy atom. The van der Waals surface area contributed by atoms with E-state index in [9.17, 15) is 0 Å². The van der Waals surface area contributed by atoms with Crippen LogP contribution in [0.5, 0.6) is 0 Å². The van der Waals surface area contributed by atoms with Gasteiger partial charge in [-0.15, -0.1) is 0 Å². The molecule has 9 heteroatoms. The van der Waals surface area contributed by atoms with E-state index >= 15 is 0 Å². The van der Waals surface area contributed by atoms with Crippen molar-refractivity contribution in [2.75, 3.05) is 33.2 Å². The number of hydrogen-bond donors (Lipinski definition) is 3. The molecule has 166 valence electrons. The number of aliphatic imine (C=N–C) groups is 1. The van der Waals surface area contributed by atoms with Crippen LogP contribution in [-0.2, 0) is 6.54 Å². The number of H-pyrrole nitrogens is 1. The molecule has 4 rings (SSSR count). The predicted octanol–water partition coefficient (Wildman–Crippen LogP) is 2.58. The quantitative estimate of drug-likeness (QED) is 0.595. The van der Waals surface area contributed by atoms with Gasteiger partial charge in [-0.05, 0) is 51.5 Å². The van der Waals surface area contributed by atoms with Crippen LogP contribution in [0.4, 0.5) is 0 Å². The number of benzene rings is 1. The molecule has 0 bridgehead atoms. The van der Waals surface area contributed by atoms with Gasteiger partial charge in [-0.3, -0.25) is 15.0 Å². The number of aryl methyl sites for hydroxylation is 1. The number of halogens is 1. The van der Waals surface area contributed by atoms with Crippen molar-refractivity contribution in [1.82, 2.24) is 25.0 Å². The van der Waals surface area contributed by atoms with Gasteiger partial charge in [0, 0.05) is 30.5 Å². The van der Waals surface area contributed by atoms with Gasteiger partial charge in [-0.1, -0.05) is 29.3 Å². The Kier molecular flexibility index (Phi) is 6.69. The van der Waals surface area contributed by atoms with Crippen molar-refractivity contribution in [3.63, 3.8) is 0 Å². The summed E-state index contributed by atoms with van der Waals surface area (Å²) in [5.74, 6) is 2.29. The summed E-state index contributed by atoms with van der Waals surface area (Å²) in [4.78, 5) is 13.7. The second-order valence-corrected chi connectivity index (χ2v) is 9.10. The molecule has 2 aliphatic heterocycles. The lowest BCUT2D eigenvalue weighted by Gasteiger charge is -2.34. The molecule has 1 atom stereocenters. The number of nitrogens with two attached hydrogens (primary N) is 1. The van der Waals surface area contributed by atoms with Gasteiger partial charge in [0.1, 0.15) is 11.7 Å². The summed E-state index contributed by atoms with van der Waals surface area (Å²) in [5.41, 5.74) is 8.89. The second kappa shape index (κ2) is 9.46. The Bertz CT molecular complexity index is 960. The number of hydrogen-bond acceptors (Lipinski definition) is 7. The summed E-state index contributed by atoms with van der Waals surface area (Å²) >= 11 is 6.43. The highest BCUT2D eigenvalue weighted by Crippen LogP contribution is 2.25. The minimum atomic E-state index is -0.164. The molecule has 0 radical (unpaired) electrons. The van der Waals surface area contributed by atoms with Crippen LogP contribution in [0.1, 0.15) is 48.0 Å². The Morgan fingerprint density at radius 2 is 2.06 bits per heavy atom. The smallest absolute Gasteiger partial charge is 0.194 e. The molecule has 2 aromatic rings. The predicted molar refractivity (Wildman–Crippen MR) is 124 cm³/mol. The zero-order valence-electron chi connectivity index (χ0n) is 18.2. The van der Waals surface area contributed by atoms with Crippen LogP contribution >= 0.6 is 11.6 Å². The molecule has 3 heterocycles. The fraction of sp³-hybridized carbons (Fsp3) is 0.545. The number of amidine groups is 1. The number of nitrogens with one attached hydrogen (secondary N) is 2. The number of likely N-dealkylation sites (tertiary alicyclic amines) is 1. The van der Waals surface area contributed by atoms with Gasteiger partial charge in [-0.25, -0.2) is 4.98 Å². The molecule has 0 amide bonds. The largest absolute Gasteiger partial charge is 0.386 e. The zero-order valence-corrected chi connectivity index (χ0v) is 19.0. The number of aromatic nitrogens is 3. The molecule has 0 saturated carbocycles. The summed E-state index contributed by atoms with van der Waals surface area (Å²) in [6.45, 7) is 6.28. The van der Waals surface area contributed by atoms with Crippen molar-refractivity contribution in [2.45, 2.75) is 44.7 Å². The lowest BCUT2D eigenvalue weighted by molar-refractivity contribution is 0.231. The van der Waals surface area contributed by atoms with E-state index in [1.165, 1.54) is 5.56 Å². The molecule has 1 saturated heterocycles. The van der Waals surface area contributed by atoms with Gasteiger partial charge in [0.25, 0.3) is 0 Å². The van der Waals surface area contributed by atoms with E-state index in [1.807, 2.05) is 12.1 Å². The van der Waals surface area contributed by atoms with Crippen LogP contribution in [0, 0.1) is 12.3 Å². The first-order chi connectivity index (χ1) is 14.9. The van der Waals surface area contributed by atoms with Gasteiger partial charge in [-0.2, -0.15) is 5.10 Å². The Labute approximate surface area is 188 Å². The third-order valence-corrected chi connectivity index (χ3v) is 6.68. The van der Waals surface area contributed by atoms with E-state index in [4.69, 9.17) is 22.7 Å². The van der Waals surface area contributed by atoms with E-state index in [-0.39, 0.29) is 6.04 Å². The first-order valence-corrected chi connectivity index (χ1v) is 11.3. The molecule has 2 aliphatic rings. The lowest BCUT2D eigenvalue weighted by atomic mass is 9.96. The molecular formula is C22H31ClN8. The van der Waals surface area contributed by atoms with Crippen LogP contribution in [-0.4, -0.2) is 75.8 Å². The third kappa shape index (κ3) is 5.14. The van der Waals surface area contributed by atoms with E-state index in [0.29, 0.717) is 42.8 Å². The maximum Gasteiger partial charge on any atom is 0.194 e. The Hall–Kier alpha value is -2.29. The van der Waals surface area contributed by atoms with E-state index in [1.54, 1.807) is 0 Å². The Morgan fingerprint density at radius 3 is 2.84 bits per heavy atom. The summed E-state index contributed by atoms with van der Waals surface area (Å²) in [6, 6.07) is 5.89. The Balaban J connectivity index is 1.46. The van der Waals surface area contributed by atoms with E-state index < -0.39 is 0 Å². The normalized spacial score (nSPS) is 21.3. The number of aromatic amines is 1. The molecule has 1 aromatic heterocycles. The standard InChI is InChI=1S/C22H31ClN8/c1-14-3-4-17(23)16(11-14)13-31-10-7-26-20(25)19(31)12-18(24)22-27-21(28-29-22)15-5-8-30(2)9-6-15/h3-4,11,15,19,24H,5-10,12-13H2,1-2H3,(H2,25,26)(H,27,28,29). The van der Waals surface area contributed by atoms with Gasteiger partial charge in [0.15, 0.2) is 5.82 Å². The van der Waals surface area contributed by atoms with Gasteiger partial charge in [0.2, 0.25) is 0 Å². The maximum atomic E-state index is 8.64. The highest BCUT2D eigenvalue weighted by molar-refractivity contribution is 6.31. The number of piperidine rings is 1. The fourth-order valence-corrected chi connectivity index (χ4v) is 4.56. The van der Waals surface area contributed by atoms with Crippen LogP contribution in [0.25, 0.3) is 0 Å². The number of rotatable bonds is 6. The van der Waals surface area contributed by atoms with E-state index in [2.05, 4.69) is 50.0 Å². The first-order valence-electron chi connectivity index (χ1n) is 10.9. The molecular weight excluding hydrogens is 412 g/mol. The van der Waals surface area contributed by atoms with Crippen molar-refractivity contribution >= 4 is 23.1 Å². The van der Waals surface area contributed by atoms with Gasteiger partial charge >= 0.3 is 0 Å². The first kappa shape index (κ1) is 21.9. The van der Waals surface area contributed by atoms with Crippen molar-refractivity contribution in [3.05, 3.63) is 46.0 Å². The van der Waals surface area contributed by atoms with Crippen LogP contribution < -0.4 is 5.73 Å². The summed E-state index contributed by atoms with van der Waals surface area (Å²) in [6.07, 6.45) is 2.54. The molecule has 8 nitrogen and oxygen atoms in total. The molecule has 4 N–H and O–H groups in total. The third-order valence-electron chi connectivity index (χ3n) is 6.31.